The van der Waals surface area contributed by atoms with Crippen LogP contribution in [0.2, 0.25) is 0 Å². The van der Waals surface area contributed by atoms with Crippen LogP contribution in [0.25, 0.3) is 0 Å². The monoisotopic (exact) mass is 506 g/mol. The summed E-state index contributed by atoms with van der Waals surface area (Å²) in [6.07, 6.45) is -3.15. The standard InChI is InChI=1S/C21H19Cl2F3N2O3S/c22-18-10-20(18,23)12-28-17-7-6-16(9-14(17)3-8-19(28)29)27-32(30,31)11-13-1-4-15(5-2-13)21(24,25)26/h1-2,4-7,9,18,27H,3,8,10-12H2. The molecular formula is C21H19Cl2F3N2O3S. The molecule has 2 aliphatic rings. The summed E-state index contributed by atoms with van der Waals surface area (Å²) in [5.41, 5.74) is 1.17. The molecule has 172 valence electrons. The van der Waals surface area contributed by atoms with Gasteiger partial charge in [0.2, 0.25) is 15.9 Å². The van der Waals surface area contributed by atoms with E-state index in [1.54, 1.807) is 23.1 Å². The van der Waals surface area contributed by atoms with E-state index < -0.39 is 32.4 Å². The second-order valence-corrected chi connectivity index (χ2v) is 11.1. The van der Waals surface area contributed by atoms with Crippen LogP contribution in [-0.2, 0) is 33.2 Å². The van der Waals surface area contributed by atoms with Gasteiger partial charge in [-0.05, 0) is 54.3 Å². The number of rotatable bonds is 6. The Morgan fingerprint density at radius 2 is 1.78 bits per heavy atom. The molecule has 4 rings (SSSR count). The van der Waals surface area contributed by atoms with Crippen molar-refractivity contribution >= 4 is 50.5 Å². The van der Waals surface area contributed by atoms with Gasteiger partial charge in [0.25, 0.3) is 0 Å². The van der Waals surface area contributed by atoms with Crippen molar-refractivity contribution in [3.63, 3.8) is 0 Å². The normalized spacial score (nSPS) is 23.1. The van der Waals surface area contributed by atoms with Gasteiger partial charge in [0, 0.05) is 24.3 Å². The lowest BCUT2D eigenvalue weighted by Gasteiger charge is -2.31. The Morgan fingerprint density at radius 1 is 1.12 bits per heavy atom. The van der Waals surface area contributed by atoms with Gasteiger partial charge in [0.05, 0.1) is 21.6 Å². The van der Waals surface area contributed by atoms with Gasteiger partial charge in [0.1, 0.15) is 0 Å². The van der Waals surface area contributed by atoms with E-state index >= 15 is 0 Å². The highest BCUT2D eigenvalue weighted by Crippen LogP contribution is 2.49. The highest BCUT2D eigenvalue weighted by atomic mass is 35.5. The second-order valence-electron chi connectivity index (χ2n) is 8.09. The van der Waals surface area contributed by atoms with E-state index in [9.17, 15) is 26.4 Å². The van der Waals surface area contributed by atoms with Crippen molar-refractivity contribution in [3.05, 3.63) is 59.2 Å². The number of nitrogens with one attached hydrogen (secondary N) is 1. The number of nitrogens with zero attached hydrogens (tertiary/aromatic N) is 1. The average molecular weight is 507 g/mol. The molecule has 5 nitrogen and oxygen atoms in total. The first-order chi connectivity index (χ1) is 14.9. The maximum absolute atomic E-state index is 12.7. The van der Waals surface area contributed by atoms with Crippen LogP contribution >= 0.6 is 23.2 Å². The average Bonchev–Trinajstić information content (AvgIpc) is 3.29. The minimum Gasteiger partial charge on any atom is -0.310 e. The lowest BCUT2D eigenvalue weighted by Crippen LogP contribution is -2.40. The molecule has 2 unspecified atom stereocenters. The van der Waals surface area contributed by atoms with Gasteiger partial charge in [-0.15, -0.1) is 23.2 Å². The van der Waals surface area contributed by atoms with E-state index in [4.69, 9.17) is 23.2 Å². The molecule has 11 heteroatoms. The van der Waals surface area contributed by atoms with E-state index in [0.717, 1.165) is 29.8 Å². The number of anilines is 2. The van der Waals surface area contributed by atoms with Crippen LogP contribution in [0, 0.1) is 0 Å². The minimum absolute atomic E-state index is 0.0658. The van der Waals surface area contributed by atoms with Crippen LogP contribution in [0.5, 0.6) is 0 Å². The number of aryl methyl sites for hydroxylation is 1. The van der Waals surface area contributed by atoms with E-state index in [0.29, 0.717) is 24.2 Å². The number of amides is 1. The number of carbonyl (C=O) groups excluding carboxylic acids is 1. The third kappa shape index (κ3) is 5.00. The number of benzene rings is 2. The molecule has 2 atom stereocenters. The molecule has 1 amide bonds. The van der Waals surface area contributed by atoms with E-state index in [1.165, 1.54) is 0 Å². The van der Waals surface area contributed by atoms with Crippen LogP contribution in [0.3, 0.4) is 0 Å². The zero-order valence-electron chi connectivity index (χ0n) is 16.6. The predicted octanol–water partition coefficient (Wildman–Crippen LogP) is 4.92. The summed E-state index contributed by atoms with van der Waals surface area (Å²) in [6.45, 7) is 0.285. The fraction of sp³-hybridized carbons (Fsp3) is 0.381. The van der Waals surface area contributed by atoms with E-state index in [-0.39, 0.29) is 29.8 Å². The molecule has 0 radical (unpaired) electrons. The van der Waals surface area contributed by atoms with Crippen LogP contribution in [-0.4, -0.2) is 31.1 Å². The molecule has 1 heterocycles. The Labute approximate surface area is 193 Å². The van der Waals surface area contributed by atoms with Crippen molar-refractivity contribution in [2.45, 2.75) is 41.4 Å². The van der Waals surface area contributed by atoms with Gasteiger partial charge in [-0.2, -0.15) is 13.2 Å². The molecule has 2 aromatic carbocycles. The Morgan fingerprint density at radius 3 is 2.38 bits per heavy atom. The molecular weight excluding hydrogens is 488 g/mol. The molecule has 32 heavy (non-hydrogen) atoms. The van der Waals surface area contributed by atoms with Crippen LogP contribution in [0.15, 0.2) is 42.5 Å². The fourth-order valence-electron chi connectivity index (χ4n) is 3.69. The van der Waals surface area contributed by atoms with Crippen molar-refractivity contribution in [2.24, 2.45) is 0 Å². The smallest absolute Gasteiger partial charge is 0.310 e. The minimum atomic E-state index is -4.48. The number of hydrogen-bond donors (Lipinski definition) is 1. The number of sulfonamides is 1. The SMILES string of the molecule is O=C1CCc2cc(NS(=O)(=O)Cc3ccc(C(F)(F)F)cc3)ccc2N1CC1(Cl)CC1Cl. The molecule has 1 N–H and O–H groups in total. The zero-order valence-corrected chi connectivity index (χ0v) is 19.0. The van der Waals surface area contributed by atoms with Gasteiger partial charge in [-0.1, -0.05) is 12.1 Å². The molecule has 1 aliphatic carbocycles. The molecule has 1 saturated carbocycles. The lowest BCUT2D eigenvalue weighted by molar-refractivity contribution is -0.137. The molecule has 1 aliphatic heterocycles. The van der Waals surface area contributed by atoms with Gasteiger partial charge >= 0.3 is 6.18 Å². The molecule has 0 bridgehead atoms. The zero-order chi connectivity index (χ0) is 23.3. The number of hydrogen-bond acceptors (Lipinski definition) is 3. The van der Waals surface area contributed by atoms with Gasteiger partial charge in [-0.25, -0.2) is 8.42 Å². The first-order valence-corrected chi connectivity index (χ1v) is 12.3. The molecule has 0 saturated heterocycles. The highest BCUT2D eigenvalue weighted by molar-refractivity contribution is 7.91. The summed E-state index contributed by atoms with van der Waals surface area (Å²) < 4.78 is 65.6. The van der Waals surface area contributed by atoms with Crippen LogP contribution in [0.1, 0.15) is 29.5 Å². The molecule has 1 fully saturated rings. The number of alkyl halides is 5. The Hall–Kier alpha value is -1.97. The summed E-state index contributed by atoms with van der Waals surface area (Å²) in [5.74, 6) is -0.539. The van der Waals surface area contributed by atoms with Crippen molar-refractivity contribution in [2.75, 3.05) is 16.2 Å². The Kier molecular flexibility index (Phi) is 5.88. The number of carbonyl (C=O) groups is 1. The van der Waals surface area contributed by atoms with E-state index in [2.05, 4.69) is 4.72 Å². The lowest BCUT2D eigenvalue weighted by atomic mass is 10.00. The summed E-state index contributed by atoms with van der Waals surface area (Å²) in [4.78, 5) is 13.4. The molecule has 0 spiro atoms. The summed E-state index contributed by atoms with van der Waals surface area (Å²) in [5, 5.41) is -0.196. The van der Waals surface area contributed by atoms with Crippen LogP contribution in [0.4, 0.5) is 24.5 Å². The van der Waals surface area contributed by atoms with Crippen molar-refractivity contribution in [1.82, 2.24) is 0 Å². The summed E-state index contributed by atoms with van der Waals surface area (Å²) in [7, 11) is -3.86. The summed E-state index contributed by atoms with van der Waals surface area (Å²) in [6, 6.07) is 8.85. The highest BCUT2D eigenvalue weighted by Gasteiger charge is 2.54. The third-order valence-electron chi connectivity index (χ3n) is 5.53. The third-order valence-corrected chi connectivity index (χ3v) is 8.01. The fourth-order valence-corrected chi connectivity index (χ4v) is 5.57. The number of fused-ring (bicyclic) bond motifs is 1. The van der Waals surface area contributed by atoms with Crippen LogP contribution < -0.4 is 9.62 Å². The van der Waals surface area contributed by atoms with Crippen molar-refractivity contribution in [1.29, 1.82) is 0 Å². The van der Waals surface area contributed by atoms with Gasteiger partial charge in [-0.3, -0.25) is 9.52 Å². The quantitative estimate of drug-likeness (QED) is 0.565. The predicted molar refractivity (Wildman–Crippen MR) is 118 cm³/mol. The first-order valence-electron chi connectivity index (χ1n) is 9.79. The largest absolute Gasteiger partial charge is 0.416 e. The maximum atomic E-state index is 12.7. The van der Waals surface area contributed by atoms with E-state index in [1.807, 2.05) is 0 Å². The Bertz CT molecular complexity index is 1160. The first kappa shape index (κ1) is 23.2. The molecule has 2 aromatic rings. The van der Waals surface area contributed by atoms with Gasteiger partial charge < -0.3 is 4.90 Å². The maximum Gasteiger partial charge on any atom is 0.416 e. The van der Waals surface area contributed by atoms with Crippen molar-refractivity contribution < 1.29 is 26.4 Å². The second kappa shape index (κ2) is 8.11. The number of halogens is 5. The molecule has 0 aromatic heterocycles. The van der Waals surface area contributed by atoms with Gasteiger partial charge in [0.15, 0.2) is 0 Å². The topological polar surface area (TPSA) is 66.5 Å². The summed E-state index contributed by atoms with van der Waals surface area (Å²) >= 11 is 12.5. The Balaban J connectivity index is 1.48. The van der Waals surface area contributed by atoms with Crippen molar-refractivity contribution in [3.8, 4) is 0 Å².